The Morgan fingerprint density at radius 2 is 1.97 bits per heavy atom. The molecule has 3 aromatic rings. The summed E-state index contributed by atoms with van der Waals surface area (Å²) >= 11 is 0. The second-order valence-corrected chi connectivity index (χ2v) is 7.35. The number of H-pyrrole nitrogens is 1. The summed E-state index contributed by atoms with van der Waals surface area (Å²) in [6.07, 6.45) is 0.947. The summed E-state index contributed by atoms with van der Waals surface area (Å²) in [5.74, 6) is -1.80. The van der Waals surface area contributed by atoms with E-state index in [-0.39, 0.29) is 30.2 Å². The number of carbonyl (C=O) groups excluding carboxylic acids is 2. The Balaban J connectivity index is 1.65. The van der Waals surface area contributed by atoms with E-state index in [4.69, 9.17) is 0 Å². The maximum atomic E-state index is 14.3. The highest BCUT2D eigenvalue weighted by atomic mass is 19.1. The zero-order valence-electron chi connectivity index (χ0n) is 15.9. The first kappa shape index (κ1) is 19.1. The van der Waals surface area contributed by atoms with Crippen molar-refractivity contribution in [3.63, 3.8) is 0 Å². The van der Waals surface area contributed by atoms with Gasteiger partial charge in [-0.05, 0) is 37.0 Å². The minimum absolute atomic E-state index is 0.105. The highest BCUT2D eigenvalue weighted by molar-refractivity contribution is 5.92. The fraction of sp³-hybridized carbons (Fsp3) is 0.273. The quantitative estimate of drug-likeness (QED) is 0.618. The summed E-state index contributed by atoms with van der Waals surface area (Å²) in [5, 5.41) is 5.81. The highest BCUT2D eigenvalue weighted by Crippen LogP contribution is 2.33. The van der Waals surface area contributed by atoms with Crippen LogP contribution >= 0.6 is 0 Å². The lowest BCUT2D eigenvalue weighted by Gasteiger charge is -2.10. The van der Waals surface area contributed by atoms with E-state index in [1.165, 1.54) is 6.07 Å². The largest absolute Gasteiger partial charge is 0.354 e. The fourth-order valence-corrected chi connectivity index (χ4v) is 3.74. The zero-order valence-corrected chi connectivity index (χ0v) is 15.9. The summed E-state index contributed by atoms with van der Waals surface area (Å²) < 4.78 is 28.2. The van der Waals surface area contributed by atoms with Crippen LogP contribution in [0.3, 0.4) is 0 Å². The number of hydrogen-bond acceptors (Lipinski definition) is 2. The number of amides is 2. The van der Waals surface area contributed by atoms with Crippen LogP contribution in [0.2, 0.25) is 0 Å². The van der Waals surface area contributed by atoms with Crippen molar-refractivity contribution in [2.24, 2.45) is 0 Å². The lowest BCUT2D eigenvalue weighted by molar-refractivity contribution is -0.127. The lowest BCUT2D eigenvalue weighted by Crippen LogP contribution is -2.40. The van der Waals surface area contributed by atoms with Crippen LogP contribution in [0.1, 0.15) is 24.0 Å². The summed E-state index contributed by atoms with van der Waals surface area (Å²) in [6, 6.07) is 9.29. The third-order valence-electron chi connectivity index (χ3n) is 5.26. The summed E-state index contributed by atoms with van der Waals surface area (Å²) in [6.45, 7) is 2.51. The molecule has 2 amide bonds. The number of rotatable bonds is 5. The van der Waals surface area contributed by atoms with Crippen molar-refractivity contribution in [1.82, 2.24) is 15.6 Å². The van der Waals surface area contributed by atoms with Crippen molar-refractivity contribution < 1.29 is 18.4 Å². The Morgan fingerprint density at radius 1 is 1.21 bits per heavy atom. The molecule has 2 heterocycles. The fourth-order valence-electron chi connectivity index (χ4n) is 3.74. The number of fused-ring (bicyclic) bond motifs is 1. The number of nitrogens with one attached hydrogen (secondary N) is 3. The first-order valence-electron chi connectivity index (χ1n) is 9.56. The molecule has 29 heavy (non-hydrogen) atoms. The SMILES string of the molecule is Cc1ccc(-c2[nH]c3c(F)cc(F)cc3c2CCC(=O)NC2CCNC2=O)cc1. The Bertz CT molecular complexity index is 1090. The molecular weight excluding hydrogens is 376 g/mol. The minimum Gasteiger partial charge on any atom is -0.354 e. The molecule has 7 heteroatoms. The van der Waals surface area contributed by atoms with Crippen molar-refractivity contribution >= 4 is 22.7 Å². The molecule has 0 bridgehead atoms. The summed E-state index contributed by atoms with van der Waals surface area (Å²) in [7, 11) is 0. The first-order valence-corrected chi connectivity index (χ1v) is 9.56. The molecule has 0 radical (unpaired) electrons. The monoisotopic (exact) mass is 397 g/mol. The van der Waals surface area contributed by atoms with Gasteiger partial charge in [0.05, 0.1) is 5.52 Å². The average molecular weight is 397 g/mol. The lowest BCUT2D eigenvalue weighted by atomic mass is 10.00. The third kappa shape index (κ3) is 3.85. The minimum atomic E-state index is -0.674. The maximum Gasteiger partial charge on any atom is 0.242 e. The molecule has 0 saturated carbocycles. The van der Waals surface area contributed by atoms with Crippen molar-refractivity contribution in [2.75, 3.05) is 6.54 Å². The molecule has 0 spiro atoms. The van der Waals surface area contributed by atoms with E-state index in [0.717, 1.165) is 17.2 Å². The molecule has 1 aliphatic rings. The van der Waals surface area contributed by atoms with E-state index in [2.05, 4.69) is 15.6 Å². The molecule has 1 aliphatic heterocycles. The molecule has 150 valence electrons. The number of aromatic nitrogens is 1. The van der Waals surface area contributed by atoms with E-state index in [0.29, 0.717) is 29.6 Å². The van der Waals surface area contributed by atoms with E-state index in [1.807, 2.05) is 31.2 Å². The van der Waals surface area contributed by atoms with Crippen molar-refractivity contribution in [3.8, 4) is 11.3 Å². The van der Waals surface area contributed by atoms with Gasteiger partial charge in [-0.15, -0.1) is 0 Å². The van der Waals surface area contributed by atoms with Gasteiger partial charge >= 0.3 is 0 Å². The average Bonchev–Trinajstić information content (AvgIpc) is 3.24. The zero-order chi connectivity index (χ0) is 20.5. The molecular formula is C22H21F2N3O2. The number of carbonyl (C=O) groups is 2. The molecule has 2 aromatic carbocycles. The number of benzene rings is 2. The predicted octanol–water partition coefficient (Wildman–Crippen LogP) is 3.36. The maximum absolute atomic E-state index is 14.3. The van der Waals surface area contributed by atoms with Gasteiger partial charge in [-0.3, -0.25) is 9.59 Å². The van der Waals surface area contributed by atoms with Gasteiger partial charge in [0, 0.05) is 30.1 Å². The molecule has 1 unspecified atom stereocenters. The van der Waals surface area contributed by atoms with E-state index >= 15 is 0 Å². The van der Waals surface area contributed by atoms with Gasteiger partial charge in [-0.2, -0.15) is 0 Å². The first-order chi connectivity index (χ1) is 13.9. The van der Waals surface area contributed by atoms with Crippen LogP contribution in [0, 0.1) is 18.6 Å². The number of halogens is 2. The molecule has 1 atom stereocenters. The number of aryl methyl sites for hydroxylation is 2. The van der Waals surface area contributed by atoms with Crippen LogP contribution in [0.5, 0.6) is 0 Å². The Kier molecular flexibility index (Phi) is 5.05. The van der Waals surface area contributed by atoms with E-state index in [1.54, 1.807) is 0 Å². The standard InChI is InChI=1S/C22H21F2N3O2/c1-12-2-4-13(5-3-12)20-15(16-10-14(23)11-17(24)21(16)27-20)6-7-19(28)26-18-8-9-25-22(18)29/h2-5,10-11,18,27H,6-9H2,1H3,(H,25,29)(H,26,28). The van der Waals surface area contributed by atoms with Gasteiger partial charge in [0.25, 0.3) is 0 Å². The van der Waals surface area contributed by atoms with Gasteiger partial charge in [-0.25, -0.2) is 8.78 Å². The summed E-state index contributed by atoms with van der Waals surface area (Å²) in [4.78, 5) is 27.1. The Morgan fingerprint density at radius 3 is 2.66 bits per heavy atom. The van der Waals surface area contributed by atoms with Gasteiger partial charge in [0.15, 0.2) is 0 Å². The van der Waals surface area contributed by atoms with E-state index < -0.39 is 17.7 Å². The van der Waals surface area contributed by atoms with Crippen molar-refractivity contribution in [3.05, 3.63) is 59.2 Å². The molecule has 4 rings (SSSR count). The smallest absolute Gasteiger partial charge is 0.242 e. The van der Waals surface area contributed by atoms with Crippen LogP contribution in [0.25, 0.3) is 22.2 Å². The number of hydrogen-bond donors (Lipinski definition) is 3. The van der Waals surface area contributed by atoms with Crippen molar-refractivity contribution in [2.45, 2.75) is 32.2 Å². The van der Waals surface area contributed by atoms with Crippen LogP contribution in [-0.2, 0) is 16.0 Å². The molecule has 1 aromatic heterocycles. The van der Waals surface area contributed by atoms with Gasteiger partial charge < -0.3 is 15.6 Å². The molecule has 5 nitrogen and oxygen atoms in total. The normalized spacial score (nSPS) is 16.2. The molecule has 3 N–H and O–H groups in total. The van der Waals surface area contributed by atoms with Gasteiger partial charge in [0.1, 0.15) is 17.7 Å². The number of aromatic amines is 1. The molecule has 1 fully saturated rings. The topological polar surface area (TPSA) is 74.0 Å². The van der Waals surface area contributed by atoms with E-state index in [9.17, 15) is 18.4 Å². The van der Waals surface area contributed by atoms with Gasteiger partial charge in [-0.1, -0.05) is 29.8 Å². The van der Waals surface area contributed by atoms with Crippen LogP contribution in [0.15, 0.2) is 36.4 Å². The Hall–Kier alpha value is -3.22. The Labute approximate surface area is 166 Å². The van der Waals surface area contributed by atoms with Crippen LogP contribution < -0.4 is 10.6 Å². The second kappa shape index (κ2) is 7.66. The molecule has 0 aliphatic carbocycles. The molecule has 1 saturated heterocycles. The second-order valence-electron chi connectivity index (χ2n) is 7.35. The van der Waals surface area contributed by atoms with Gasteiger partial charge in [0.2, 0.25) is 11.8 Å². The third-order valence-corrected chi connectivity index (χ3v) is 5.26. The van der Waals surface area contributed by atoms with Crippen LogP contribution in [0.4, 0.5) is 8.78 Å². The predicted molar refractivity (Wildman–Crippen MR) is 106 cm³/mol. The van der Waals surface area contributed by atoms with Crippen LogP contribution in [-0.4, -0.2) is 29.4 Å². The van der Waals surface area contributed by atoms with Crippen molar-refractivity contribution in [1.29, 1.82) is 0 Å². The highest BCUT2D eigenvalue weighted by Gasteiger charge is 2.25. The summed E-state index contributed by atoms with van der Waals surface area (Å²) in [5.41, 5.74) is 3.46.